The summed E-state index contributed by atoms with van der Waals surface area (Å²) < 4.78 is 5.45. The predicted octanol–water partition coefficient (Wildman–Crippen LogP) is 0.714. The zero-order chi connectivity index (χ0) is 15.0. The van der Waals surface area contributed by atoms with Gasteiger partial charge in [0.25, 0.3) is 0 Å². The number of carboxylic acid groups (broad SMARTS) is 1. The highest BCUT2D eigenvalue weighted by atomic mass is 16.5. The topological polar surface area (TPSA) is 78.9 Å². The maximum Gasteiger partial charge on any atom is 0.307 e. The van der Waals surface area contributed by atoms with Gasteiger partial charge in [0.1, 0.15) is 0 Å². The van der Waals surface area contributed by atoms with Gasteiger partial charge in [-0.15, -0.1) is 0 Å². The van der Waals surface area contributed by atoms with Crippen LogP contribution in [0.3, 0.4) is 0 Å². The first-order valence-electron chi connectivity index (χ1n) is 7.36. The Morgan fingerprint density at radius 3 is 2.80 bits per heavy atom. The van der Waals surface area contributed by atoms with E-state index in [1.165, 1.54) is 0 Å². The van der Waals surface area contributed by atoms with E-state index in [0.29, 0.717) is 13.1 Å². The van der Waals surface area contributed by atoms with E-state index in [4.69, 9.17) is 9.84 Å². The van der Waals surface area contributed by atoms with Crippen molar-refractivity contribution in [2.24, 2.45) is 5.92 Å². The van der Waals surface area contributed by atoms with Crippen LogP contribution in [0.15, 0.2) is 0 Å². The first-order chi connectivity index (χ1) is 9.52. The number of hydrogen-bond donors (Lipinski definition) is 2. The number of nitrogens with one attached hydrogen (secondary N) is 1. The van der Waals surface area contributed by atoms with Crippen molar-refractivity contribution in [3.8, 4) is 0 Å². The van der Waals surface area contributed by atoms with Gasteiger partial charge in [-0.05, 0) is 25.8 Å². The molecule has 1 aliphatic heterocycles. The predicted molar refractivity (Wildman–Crippen MR) is 75.5 cm³/mol. The van der Waals surface area contributed by atoms with Gasteiger partial charge in [-0.3, -0.25) is 14.5 Å². The number of carbonyl (C=O) groups excluding carboxylic acids is 1. The molecule has 1 saturated heterocycles. The Hall–Kier alpha value is -1.14. The minimum absolute atomic E-state index is 0.0634. The van der Waals surface area contributed by atoms with Crippen LogP contribution in [0.1, 0.15) is 33.1 Å². The standard InChI is InChI=1S/C14H26N2O4/c1-3-6-16(9-11(2)14(18)19)10-13(17)15-8-12-5-4-7-20-12/h11-12H,3-10H2,1-2H3,(H,15,17)(H,18,19). The summed E-state index contributed by atoms with van der Waals surface area (Å²) in [4.78, 5) is 24.7. The average molecular weight is 286 g/mol. The molecule has 1 heterocycles. The molecule has 0 saturated carbocycles. The molecule has 0 aliphatic carbocycles. The summed E-state index contributed by atoms with van der Waals surface area (Å²) in [6.07, 6.45) is 3.08. The summed E-state index contributed by atoms with van der Waals surface area (Å²) in [6, 6.07) is 0. The molecule has 1 rings (SSSR count). The van der Waals surface area contributed by atoms with Crippen molar-refractivity contribution in [2.45, 2.75) is 39.2 Å². The Labute approximate surface area is 120 Å². The number of aliphatic carboxylic acids is 1. The molecule has 1 fully saturated rings. The van der Waals surface area contributed by atoms with Gasteiger partial charge >= 0.3 is 5.97 Å². The van der Waals surface area contributed by atoms with E-state index in [0.717, 1.165) is 32.4 Å². The van der Waals surface area contributed by atoms with Gasteiger partial charge in [0.05, 0.1) is 18.6 Å². The maximum atomic E-state index is 11.9. The van der Waals surface area contributed by atoms with E-state index < -0.39 is 11.9 Å². The highest BCUT2D eigenvalue weighted by Gasteiger charge is 2.19. The fourth-order valence-electron chi connectivity index (χ4n) is 2.31. The summed E-state index contributed by atoms with van der Waals surface area (Å²) in [7, 11) is 0. The lowest BCUT2D eigenvalue weighted by atomic mass is 10.1. The Morgan fingerprint density at radius 1 is 1.50 bits per heavy atom. The summed E-state index contributed by atoms with van der Waals surface area (Å²) in [5.41, 5.74) is 0. The summed E-state index contributed by atoms with van der Waals surface area (Å²) in [5.74, 6) is -1.36. The Bertz CT molecular complexity index is 316. The third-order valence-corrected chi connectivity index (χ3v) is 3.41. The molecule has 0 spiro atoms. The third kappa shape index (κ3) is 6.34. The van der Waals surface area contributed by atoms with Gasteiger partial charge in [-0.2, -0.15) is 0 Å². The first-order valence-corrected chi connectivity index (χ1v) is 7.36. The van der Waals surface area contributed by atoms with Crippen LogP contribution in [-0.2, 0) is 14.3 Å². The van der Waals surface area contributed by atoms with Crippen LogP contribution < -0.4 is 5.32 Å². The van der Waals surface area contributed by atoms with Crippen molar-refractivity contribution in [3.63, 3.8) is 0 Å². The number of carbonyl (C=O) groups is 2. The zero-order valence-corrected chi connectivity index (χ0v) is 12.4. The van der Waals surface area contributed by atoms with Crippen molar-refractivity contribution in [2.75, 3.05) is 32.8 Å². The monoisotopic (exact) mass is 286 g/mol. The van der Waals surface area contributed by atoms with Gasteiger partial charge in [-0.25, -0.2) is 0 Å². The summed E-state index contributed by atoms with van der Waals surface area (Å²) in [6.45, 7) is 6.38. The molecule has 2 atom stereocenters. The van der Waals surface area contributed by atoms with E-state index in [2.05, 4.69) is 5.32 Å². The SMILES string of the molecule is CCCN(CC(=O)NCC1CCCO1)CC(C)C(=O)O. The number of nitrogens with zero attached hydrogens (tertiary/aromatic N) is 1. The Balaban J connectivity index is 2.31. The molecule has 6 heteroatoms. The van der Waals surface area contributed by atoms with Gasteiger partial charge in [0.2, 0.25) is 5.91 Å². The van der Waals surface area contributed by atoms with Crippen LogP contribution in [0, 0.1) is 5.92 Å². The van der Waals surface area contributed by atoms with Crippen LogP contribution in [0.2, 0.25) is 0 Å². The molecule has 0 bridgehead atoms. The minimum Gasteiger partial charge on any atom is -0.481 e. The van der Waals surface area contributed by atoms with Crippen LogP contribution in [0.25, 0.3) is 0 Å². The lowest BCUT2D eigenvalue weighted by Gasteiger charge is -2.23. The third-order valence-electron chi connectivity index (χ3n) is 3.41. The average Bonchev–Trinajstić information content (AvgIpc) is 2.89. The summed E-state index contributed by atoms with van der Waals surface area (Å²) >= 11 is 0. The van der Waals surface area contributed by atoms with Crippen LogP contribution in [0.5, 0.6) is 0 Å². The second kappa shape index (κ2) is 8.92. The number of hydrogen-bond acceptors (Lipinski definition) is 4. The fourth-order valence-corrected chi connectivity index (χ4v) is 2.31. The molecule has 6 nitrogen and oxygen atoms in total. The van der Waals surface area contributed by atoms with Crippen LogP contribution in [0.4, 0.5) is 0 Å². The number of ether oxygens (including phenoxy) is 1. The van der Waals surface area contributed by atoms with Gasteiger partial charge in [0.15, 0.2) is 0 Å². The number of amides is 1. The molecule has 0 aromatic heterocycles. The van der Waals surface area contributed by atoms with Crippen molar-refractivity contribution >= 4 is 11.9 Å². The fraction of sp³-hybridized carbons (Fsp3) is 0.857. The zero-order valence-electron chi connectivity index (χ0n) is 12.4. The van der Waals surface area contributed by atoms with Gasteiger partial charge < -0.3 is 15.2 Å². The van der Waals surface area contributed by atoms with E-state index in [-0.39, 0.29) is 18.6 Å². The molecule has 0 aromatic rings. The highest BCUT2D eigenvalue weighted by Crippen LogP contribution is 2.10. The summed E-state index contributed by atoms with van der Waals surface area (Å²) in [5, 5.41) is 11.8. The molecule has 116 valence electrons. The van der Waals surface area contributed by atoms with E-state index in [1.54, 1.807) is 6.92 Å². The van der Waals surface area contributed by atoms with Crippen molar-refractivity contribution in [3.05, 3.63) is 0 Å². The highest BCUT2D eigenvalue weighted by molar-refractivity contribution is 5.78. The van der Waals surface area contributed by atoms with E-state index in [1.807, 2.05) is 11.8 Å². The molecule has 1 amide bonds. The normalized spacial score (nSPS) is 20.1. The lowest BCUT2D eigenvalue weighted by molar-refractivity contribution is -0.142. The smallest absolute Gasteiger partial charge is 0.307 e. The molecule has 0 radical (unpaired) electrons. The molecule has 20 heavy (non-hydrogen) atoms. The molecular weight excluding hydrogens is 260 g/mol. The van der Waals surface area contributed by atoms with Gasteiger partial charge in [-0.1, -0.05) is 13.8 Å². The largest absolute Gasteiger partial charge is 0.481 e. The maximum absolute atomic E-state index is 11.9. The van der Waals surface area contributed by atoms with Crippen molar-refractivity contribution in [1.82, 2.24) is 10.2 Å². The second-order valence-corrected chi connectivity index (χ2v) is 5.41. The molecular formula is C14H26N2O4. The molecule has 2 N–H and O–H groups in total. The quantitative estimate of drug-likeness (QED) is 0.653. The number of carboxylic acids is 1. The van der Waals surface area contributed by atoms with Crippen LogP contribution in [-0.4, -0.2) is 60.8 Å². The second-order valence-electron chi connectivity index (χ2n) is 5.41. The van der Waals surface area contributed by atoms with Crippen LogP contribution >= 0.6 is 0 Å². The molecule has 2 unspecified atom stereocenters. The molecule has 0 aromatic carbocycles. The van der Waals surface area contributed by atoms with Gasteiger partial charge in [0, 0.05) is 19.7 Å². The molecule has 1 aliphatic rings. The van der Waals surface area contributed by atoms with E-state index >= 15 is 0 Å². The lowest BCUT2D eigenvalue weighted by Crippen LogP contribution is -2.42. The number of rotatable bonds is 9. The minimum atomic E-state index is -0.828. The Morgan fingerprint density at radius 2 is 2.25 bits per heavy atom. The van der Waals surface area contributed by atoms with Crippen molar-refractivity contribution in [1.29, 1.82) is 0 Å². The van der Waals surface area contributed by atoms with Crippen molar-refractivity contribution < 1.29 is 19.4 Å². The van der Waals surface area contributed by atoms with E-state index in [9.17, 15) is 9.59 Å². The first kappa shape index (κ1) is 16.9. The Kier molecular flexibility index (Phi) is 7.54.